The molecule has 0 rings (SSSR count). The molecule has 18 heavy (non-hydrogen) atoms. The lowest BCUT2D eigenvalue weighted by molar-refractivity contribution is -0.123. The van der Waals surface area contributed by atoms with Crippen molar-refractivity contribution in [3.8, 4) is 0 Å². The van der Waals surface area contributed by atoms with Crippen molar-refractivity contribution in [2.75, 3.05) is 13.6 Å². The predicted molar refractivity (Wildman–Crippen MR) is 68.0 cm³/mol. The summed E-state index contributed by atoms with van der Waals surface area (Å²) in [5.74, 6) is -0.694. The average Bonchev–Trinajstić information content (AvgIpc) is 2.23. The summed E-state index contributed by atoms with van der Waals surface area (Å²) in [5.41, 5.74) is -0.313. The van der Waals surface area contributed by atoms with Gasteiger partial charge in [-0.05, 0) is 27.7 Å². The Hall–Kier alpha value is -1.63. The third-order valence-corrected chi connectivity index (χ3v) is 1.94. The summed E-state index contributed by atoms with van der Waals surface area (Å²) in [5, 5.41) is 9.87. The Balaban J connectivity index is 4.03. The van der Waals surface area contributed by atoms with Gasteiger partial charge in [-0.15, -0.1) is 0 Å². The summed E-state index contributed by atoms with van der Waals surface area (Å²) < 4.78 is 0. The Bertz CT molecular complexity index is 323. The van der Waals surface area contributed by atoms with Crippen molar-refractivity contribution in [2.24, 2.45) is 0 Å². The van der Waals surface area contributed by atoms with Gasteiger partial charge in [-0.25, -0.2) is 4.79 Å². The molecule has 104 valence electrons. The molecule has 4 N–H and O–H groups in total. The van der Waals surface area contributed by atoms with E-state index in [2.05, 4.69) is 21.3 Å². The van der Waals surface area contributed by atoms with E-state index in [1.807, 2.05) is 20.8 Å². The quantitative estimate of drug-likeness (QED) is 0.537. The van der Waals surface area contributed by atoms with Crippen molar-refractivity contribution in [1.29, 1.82) is 0 Å². The molecule has 0 aliphatic heterocycles. The molecule has 0 aromatic carbocycles. The van der Waals surface area contributed by atoms with E-state index in [-0.39, 0.29) is 18.0 Å². The smallest absolute Gasteiger partial charge is 0.321 e. The SMILES string of the molecule is CNC(=O)NC(=O)C(C)NCC(=O)NC(C)(C)C. The second-order valence-corrected chi connectivity index (χ2v) is 4.97. The zero-order valence-electron chi connectivity index (χ0n) is 11.5. The summed E-state index contributed by atoms with van der Waals surface area (Å²) in [6.45, 7) is 7.19. The predicted octanol–water partition coefficient (Wildman–Crippen LogP) is -0.665. The zero-order valence-corrected chi connectivity index (χ0v) is 11.5. The molecule has 0 radical (unpaired) electrons. The fourth-order valence-electron chi connectivity index (χ4n) is 1.08. The fraction of sp³-hybridized carbons (Fsp3) is 0.727. The standard InChI is InChI=1S/C11H22N4O3/c1-7(9(17)14-10(18)12-5)13-6-8(16)15-11(2,3)4/h7,13H,6H2,1-5H3,(H,15,16)(H2,12,14,17,18). The average molecular weight is 258 g/mol. The van der Waals surface area contributed by atoms with Crippen molar-refractivity contribution in [3.05, 3.63) is 0 Å². The Labute approximate surface area is 107 Å². The highest BCUT2D eigenvalue weighted by Gasteiger charge is 2.17. The Morgan fingerprint density at radius 3 is 2.17 bits per heavy atom. The number of carbonyl (C=O) groups is 3. The number of rotatable bonds is 4. The lowest BCUT2D eigenvalue weighted by Gasteiger charge is -2.21. The monoisotopic (exact) mass is 258 g/mol. The van der Waals surface area contributed by atoms with Crippen LogP contribution in [0.2, 0.25) is 0 Å². The minimum Gasteiger partial charge on any atom is -0.350 e. The van der Waals surface area contributed by atoms with Gasteiger partial charge in [-0.2, -0.15) is 0 Å². The molecular weight excluding hydrogens is 236 g/mol. The molecule has 0 saturated heterocycles. The minimum atomic E-state index is -0.631. The number of imide groups is 1. The van der Waals surface area contributed by atoms with Crippen molar-refractivity contribution >= 4 is 17.8 Å². The first kappa shape index (κ1) is 16.4. The molecule has 0 heterocycles. The maximum absolute atomic E-state index is 11.5. The molecule has 0 aliphatic carbocycles. The molecular formula is C11H22N4O3. The van der Waals surface area contributed by atoms with Crippen LogP contribution in [0.15, 0.2) is 0 Å². The fourth-order valence-corrected chi connectivity index (χ4v) is 1.08. The summed E-state index contributed by atoms with van der Waals surface area (Å²) in [6.07, 6.45) is 0. The van der Waals surface area contributed by atoms with Crippen LogP contribution in [0.4, 0.5) is 4.79 Å². The topological polar surface area (TPSA) is 99.3 Å². The van der Waals surface area contributed by atoms with E-state index in [4.69, 9.17) is 0 Å². The van der Waals surface area contributed by atoms with Gasteiger partial charge in [0.2, 0.25) is 11.8 Å². The van der Waals surface area contributed by atoms with E-state index in [1.54, 1.807) is 6.92 Å². The van der Waals surface area contributed by atoms with Crippen molar-refractivity contribution in [3.63, 3.8) is 0 Å². The number of urea groups is 1. The molecule has 4 amide bonds. The Kier molecular flexibility index (Phi) is 6.32. The van der Waals surface area contributed by atoms with Crippen LogP contribution in [0, 0.1) is 0 Å². The van der Waals surface area contributed by atoms with Gasteiger partial charge in [0.05, 0.1) is 12.6 Å². The Morgan fingerprint density at radius 1 is 1.17 bits per heavy atom. The molecule has 0 aliphatic rings. The lowest BCUT2D eigenvalue weighted by atomic mass is 10.1. The highest BCUT2D eigenvalue weighted by Crippen LogP contribution is 1.97. The normalized spacial score (nSPS) is 12.5. The number of hydrogen-bond acceptors (Lipinski definition) is 4. The highest BCUT2D eigenvalue weighted by atomic mass is 16.2. The lowest BCUT2D eigenvalue weighted by Crippen LogP contribution is -2.51. The van der Waals surface area contributed by atoms with E-state index >= 15 is 0 Å². The van der Waals surface area contributed by atoms with E-state index in [1.165, 1.54) is 7.05 Å². The molecule has 7 heteroatoms. The van der Waals surface area contributed by atoms with E-state index in [0.29, 0.717) is 0 Å². The molecule has 0 aromatic heterocycles. The van der Waals surface area contributed by atoms with Crippen LogP contribution < -0.4 is 21.3 Å². The van der Waals surface area contributed by atoms with Gasteiger partial charge in [-0.1, -0.05) is 0 Å². The van der Waals surface area contributed by atoms with Crippen molar-refractivity contribution < 1.29 is 14.4 Å². The summed E-state index contributed by atoms with van der Waals surface area (Å²) in [6, 6.07) is -1.21. The molecule has 0 aromatic rings. The van der Waals surface area contributed by atoms with E-state index in [9.17, 15) is 14.4 Å². The van der Waals surface area contributed by atoms with E-state index in [0.717, 1.165) is 0 Å². The second-order valence-electron chi connectivity index (χ2n) is 4.97. The van der Waals surface area contributed by atoms with Crippen molar-refractivity contribution in [2.45, 2.75) is 39.3 Å². The molecule has 1 atom stereocenters. The third-order valence-electron chi connectivity index (χ3n) is 1.94. The van der Waals surface area contributed by atoms with Gasteiger partial charge in [0.25, 0.3) is 0 Å². The molecule has 1 unspecified atom stereocenters. The number of amides is 4. The van der Waals surface area contributed by atoms with Gasteiger partial charge in [0.15, 0.2) is 0 Å². The minimum absolute atomic E-state index is 0.0135. The first-order chi connectivity index (χ1) is 8.15. The maximum Gasteiger partial charge on any atom is 0.321 e. The van der Waals surface area contributed by atoms with Gasteiger partial charge < -0.3 is 10.6 Å². The van der Waals surface area contributed by atoms with Crippen LogP contribution in [-0.2, 0) is 9.59 Å². The second kappa shape index (κ2) is 6.95. The molecule has 0 fully saturated rings. The number of carbonyl (C=O) groups excluding carboxylic acids is 3. The van der Waals surface area contributed by atoms with Crippen LogP contribution in [0.3, 0.4) is 0 Å². The molecule has 0 spiro atoms. The molecule has 7 nitrogen and oxygen atoms in total. The molecule has 0 bridgehead atoms. The van der Waals surface area contributed by atoms with Crippen LogP contribution in [0.1, 0.15) is 27.7 Å². The summed E-state index contributed by atoms with van der Waals surface area (Å²) in [7, 11) is 1.41. The first-order valence-corrected chi connectivity index (χ1v) is 5.72. The van der Waals surface area contributed by atoms with Gasteiger partial charge in [-0.3, -0.25) is 20.2 Å². The Morgan fingerprint density at radius 2 is 1.72 bits per heavy atom. The molecule has 0 saturated carbocycles. The first-order valence-electron chi connectivity index (χ1n) is 5.72. The van der Waals surface area contributed by atoms with E-state index < -0.39 is 18.0 Å². The summed E-state index contributed by atoms with van der Waals surface area (Å²) in [4.78, 5) is 33.8. The third kappa shape index (κ3) is 7.61. The van der Waals surface area contributed by atoms with Crippen molar-refractivity contribution in [1.82, 2.24) is 21.3 Å². The van der Waals surface area contributed by atoms with Gasteiger partial charge in [0.1, 0.15) is 0 Å². The van der Waals surface area contributed by atoms with Gasteiger partial charge >= 0.3 is 6.03 Å². The summed E-state index contributed by atoms with van der Waals surface area (Å²) >= 11 is 0. The largest absolute Gasteiger partial charge is 0.350 e. The van der Waals surface area contributed by atoms with Crippen LogP contribution in [-0.4, -0.2) is 43.0 Å². The van der Waals surface area contributed by atoms with Crippen LogP contribution >= 0.6 is 0 Å². The van der Waals surface area contributed by atoms with Crippen LogP contribution in [0.5, 0.6) is 0 Å². The number of hydrogen-bond donors (Lipinski definition) is 4. The highest BCUT2D eigenvalue weighted by molar-refractivity contribution is 5.96. The number of nitrogens with one attached hydrogen (secondary N) is 4. The maximum atomic E-state index is 11.5. The zero-order chi connectivity index (χ0) is 14.3. The van der Waals surface area contributed by atoms with Crippen LogP contribution in [0.25, 0.3) is 0 Å². The van der Waals surface area contributed by atoms with Gasteiger partial charge in [0, 0.05) is 12.6 Å².